The van der Waals surface area contributed by atoms with Crippen molar-refractivity contribution >= 4 is 27.6 Å². The van der Waals surface area contributed by atoms with Crippen molar-refractivity contribution in [3.05, 3.63) is 28.2 Å². The summed E-state index contributed by atoms with van der Waals surface area (Å²) < 4.78 is 0.805. The summed E-state index contributed by atoms with van der Waals surface area (Å²) in [5, 5.41) is 14.2. The fourth-order valence-electron chi connectivity index (χ4n) is 1.14. The van der Waals surface area contributed by atoms with Gasteiger partial charge in [0.1, 0.15) is 6.07 Å². The van der Waals surface area contributed by atoms with Gasteiger partial charge in [0.25, 0.3) is 0 Å². The minimum absolute atomic E-state index is 0.0565. The summed E-state index contributed by atoms with van der Waals surface area (Å²) in [5.41, 5.74) is 0.928. The van der Waals surface area contributed by atoms with E-state index in [0.717, 1.165) is 4.47 Å². The molecule has 0 unspecified atom stereocenters. The summed E-state index contributed by atoms with van der Waals surface area (Å²) in [6.45, 7) is 3.73. The zero-order valence-electron chi connectivity index (χ0n) is 9.04. The van der Waals surface area contributed by atoms with Gasteiger partial charge in [-0.25, -0.2) is 4.79 Å². The number of hydrogen-bond donors (Lipinski definition) is 2. The van der Waals surface area contributed by atoms with Crippen molar-refractivity contribution in [3.8, 4) is 6.07 Å². The number of anilines is 1. The minimum Gasteiger partial charge on any atom is -0.336 e. The van der Waals surface area contributed by atoms with Gasteiger partial charge in [0.05, 0.1) is 11.3 Å². The Balaban J connectivity index is 2.82. The Hall–Kier alpha value is -1.54. The maximum absolute atomic E-state index is 11.4. The lowest BCUT2D eigenvalue weighted by molar-refractivity contribution is 0.250. The molecular weight excluding hydrogens is 270 g/mol. The van der Waals surface area contributed by atoms with E-state index < -0.39 is 0 Å². The molecule has 0 radical (unpaired) electrons. The van der Waals surface area contributed by atoms with Crippen molar-refractivity contribution in [2.75, 3.05) is 5.32 Å². The summed E-state index contributed by atoms with van der Waals surface area (Å²) in [5.74, 6) is 0. The molecule has 2 amide bonds. The van der Waals surface area contributed by atoms with Crippen molar-refractivity contribution in [1.29, 1.82) is 5.26 Å². The number of nitrogens with zero attached hydrogens (tertiary/aromatic N) is 1. The van der Waals surface area contributed by atoms with Crippen molar-refractivity contribution in [2.24, 2.45) is 0 Å². The first kappa shape index (κ1) is 12.5. The van der Waals surface area contributed by atoms with Gasteiger partial charge in [0, 0.05) is 10.5 Å². The Bertz CT molecular complexity index is 437. The molecule has 0 spiro atoms. The average molecular weight is 282 g/mol. The number of benzene rings is 1. The predicted octanol–water partition coefficient (Wildman–Crippen LogP) is 2.85. The van der Waals surface area contributed by atoms with Crippen LogP contribution in [0, 0.1) is 11.3 Å². The number of nitrogens with one attached hydrogen (secondary N) is 2. The lowest BCUT2D eigenvalue weighted by Crippen LogP contribution is -2.34. The molecule has 5 heteroatoms. The first-order valence-corrected chi connectivity index (χ1v) is 5.59. The van der Waals surface area contributed by atoms with E-state index in [1.807, 2.05) is 19.9 Å². The molecule has 0 saturated heterocycles. The highest BCUT2D eigenvalue weighted by Gasteiger charge is 2.07. The monoisotopic (exact) mass is 281 g/mol. The van der Waals surface area contributed by atoms with Gasteiger partial charge in [-0.2, -0.15) is 5.26 Å². The molecule has 0 aliphatic heterocycles. The Morgan fingerprint density at radius 2 is 2.19 bits per heavy atom. The summed E-state index contributed by atoms with van der Waals surface area (Å²) in [6.07, 6.45) is 0. The van der Waals surface area contributed by atoms with Crippen LogP contribution < -0.4 is 10.6 Å². The van der Waals surface area contributed by atoms with Crippen LogP contribution in [0.5, 0.6) is 0 Å². The zero-order chi connectivity index (χ0) is 12.1. The molecule has 2 N–H and O–H groups in total. The molecule has 4 nitrogen and oxygen atoms in total. The molecule has 0 bridgehead atoms. The maximum Gasteiger partial charge on any atom is 0.319 e. The van der Waals surface area contributed by atoms with E-state index in [1.165, 1.54) is 0 Å². The molecule has 0 saturated carbocycles. The molecule has 0 heterocycles. The van der Waals surface area contributed by atoms with Crippen LogP contribution in [-0.4, -0.2) is 12.1 Å². The van der Waals surface area contributed by atoms with E-state index in [1.54, 1.807) is 18.2 Å². The van der Waals surface area contributed by atoms with Crippen LogP contribution in [0.25, 0.3) is 0 Å². The number of hydrogen-bond acceptors (Lipinski definition) is 2. The van der Waals surface area contributed by atoms with E-state index >= 15 is 0 Å². The summed E-state index contributed by atoms with van der Waals surface area (Å²) >= 11 is 3.26. The van der Waals surface area contributed by atoms with Crippen molar-refractivity contribution in [1.82, 2.24) is 5.32 Å². The van der Waals surface area contributed by atoms with E-state index in [0.29, 0.717) is 11.3 Å². The SMILES string of the molecule is CC(C)NC(=O)Nc1ccc(Br)cc1C#N. The van der Waals surface area contributed by atoms with Crippen LogP contribution in [0.2, 0.25) is 0 Å². The van der Waals surface area contributed by atoms with Gasteiger partial charge in [-0.15, -0.1) is 0 Å². The highest BCUT2D eigenvalue weighted by Crippen LogP contribution is 2.20. The molecule has 84 valence electrons. The summed E-state index contributed by atoms with van der Waals surface area (Å²) in [7, 11) is 0. The first-order valence-electron chi connectivity index (χ1n) is 4.80. The number of carbonyl (C=O) groups is 1. The van der Waals surface area contributed by atoms with Gasteiger partial charge < -0.3 is 10.6 Å². The third-order valence-electron chi connectivity index (χ3n) is 1.77. The lowest BCUT2D eigenvalue weighted by atomic mass is 10.2. The van der Waals surface area contributed by atoms with Gasteiger partial charge in [-0.1, -0.05) is 15.9 Å². The van der Waals surface area contributed by atoms with E-state index in [4.69, 9.17) is 5.26 Å². The largest absolute Gasteiger partial charge is 0.336 e. The third-order valence-corrected chi connectivity index (χ3v) is 2.26. The molecule has 0 atom stereocenters. The standard InChI is InChI=1S/C11H12BrN3O/c1-7(2)14-11(16)15-10-4-3-9(12)5-8(10)6-13/h3-5,7H,1-2H3,(H2,14,15,16). The number of urea groups is 1. The van der Waals surface area contributed by atoms with E-state index in [9.17, 15) is 4.79 Å². The maximum atomic E-state index is 11.4. The van der Waals surface area contributed by atoms with E-state index in [-0.39, 0.29) is 12.1 Å². The van der Waals surface area contributed by atoms with Crippen molar-refractivity contribution in [2.45, 2.75) is 19.9 Å². The highest BCUT2D eigenvalue weighted by molar-refractivity contribution is 9.10. The smallest absolute Gasteiger partial charge is 0.319 e. The van der Waals surface area contributed by atoms with Gasteiger partial charge in [0.15, 0.2) is 0 Å². The third kappa shape index (κ3) is 3.55. The second-order valence-electron chi connectivity index (χ2n) is 3.55. The normalized spacial score (nSPS) is 9.69. The van der Waals surface area contributed by atoms with Crippen LogP contribution in [-0.2, 0) is 0 Å². The summed E-state index contributed by atoms with van der Waals surface area (Å²) in [4.78, 5) is 11.4. The second kappa shape index (κ2) is 5.52. The molecule has 0 aliphatic rings. The molecule has 0 fully saturated rings. The Kier molecular flexibility index (Phi) is 4.32. The topological polar surface area (TPSA) is 64.9 Å². The van der Waals surface area contributed by atoms with E-state index in [2.05, 4.69) is 26.6 Å². The highest BCUT2D eigenvalue weighted by atomic mass is 79.9. The summed E-state index contributed by atoms with van der Waals surface area (Å²) in [6, 6.07) is 6.88. The molecule has 1 aromatic carbocycles. The second-order valence-corrected chi connectivity index (χ2v) is 4.47. The number of carbonyl (C=O) groups excluding carboxylic acids is 1. The van der Waals surface area contributed by atoms with Gasteiger partial charge in [0.2, 0.25) is 0 Å². The number of rotatable bonds is 2. The van der Waals surface area contributed by atoms with Gasteiger partial charge in [-0.3, -0.25) is 0 Å². The molecular formula is C11H12BrN3O. The van der Waals surface area contributed by atoms with Crippen LogP contribution in [0.15, 0.2) is 22.7 Å². The van der Waals surface area contributed by atoms with Crippen LogP contribution in [0.4, 0.5) is 10.5 Å². The van der Waals surface area contributed by atoms with Crippen molar-refractivity contribution < 1.29 is 4.79 Å². The number of halogens is 1. The van der Waals surface area contributed by atoms with Gasteiger partial charge in [-0.05, 0) is 32.0 Å². The Morgan fingerprint density at radius 3 is 2.75 bits per heavy atom. The van der Waals surface area contributed by atoms with Crippen LogP contribution in [0.1, 0.15) is 19.4 Å². The predicted molar refractivity (Wildman–Crippen MR) is 66.1 cm³/mol. The lowest BCUT2D eigenvalue weighted by Gasteiger charge is -2.11. The fraction of sp³-hybridized carbons (Fsp3) is 0.273. The number of nitriles is 1. The zero-order valence-corrected chi connectivity index (χ0v) is 10.6. The van der Waals surface area contributed by atoms with Crippen LogP contribution in [0.3, 0.4) is 0 Å². The molecule has 16 heavy (non-hydrogen) atoms. The quantitative estimate of drug-likeness (QED) is 0.876. The molecule has 1 rings (SSSR count). The fourth-order valence-corrected chi connectivity index (χ4v) is 1.50. The minimum atomic E-state index is -0.311. The number of amides is 2. The van der Waals surface area contributed by atoms with Crippen LogP contribution >= 0.6 is 15.9 Å². The Morgan fingerprint density at radius 1 is 1.50 bits per heavy atom. The molecule has 1 aromatic rings. The first-order chi connectivity index (χ1) is 7.52. The van der Waals surface area contributed by atoms with Gasteiger partial charge >= 0.3 is 6.03 Å². The molecule has 0 aliphatic carbocycles. The van der Waals surface area contributed by atoms with Crippen molar-refractivity contribution in [3.63, 3.8) is 0 Å². The Labute approximate surface area is 103 Å². The molecule has 0 aromatic heterocycles. The average Bonchev–Trinajstić information content (AvgIpc) is 2.19.